The minimum Gasteiger partial charge on any atom is -0.368 e. The first kappa shape index (κ1) is 22.9. The predicted octanol–water partition coefficient (Wildman–Crippen LogP) is -1.19. The van der Waals surface area contributed by atoms with Crippen LogP contribution in [0.15, 0.2) is 30.3 Å². The third-order valence-electron chi connectivity index (χ3n) is 4.86. The van der Waals surface area contributed by atoms with Crippen LogP contribution in [0.25, 0.3) is 0 Å². The van der Waals surface area contributed by atoms with Gasteiger partial charge in [0.2, 0.25) is 17.7 Å². The van der Waals surface area contributed by atoms with Gasteiger partial charge in [-0.05, 0) is 11.5 Å². The second kappa shape index (κ2) is 11.0. The molecular weight excluding hydrogens is 388 g/mol. The third-order valence-corrected chi connectivity index (χ3v) is 4.86. The van der Waals surface area contributed by atoms with E-state index in [1.54, 1.807) is 0 Å². The highest BCUT2D eigenvalue weighted by atomic mass is 16.2. The molecular formula is C19H28N8O3. The molecule has 0 aliphatic rings. The fraction of sp³-hybridized carbons (Fsp3) is 0.474. The Morgan fingerprint density at radius 1 is 1.10 bits per heavy atom. The zero-order valence-corrected chi connectivity index (χ0v) is 17.0. The number of carbonyl (C=O) groups is 3. The molecule has 0 bridgehead atoms. The lowest BCUT2D eigenvalue weighted by atomic mass is 9.96. The van der Waals surface area contributed by atoms with Gasteiger partial charge < -0.3 is 22.1 Å². The molecule has 0 radical (unpaired) electrons. The van der Waals surface area contributed by atoms with Crippen LogP contribution in [0.3, 0.4) is 0 Å². The number of hydrogen-bond donors (Lipinski definition) is 5. The van der Waals surface area contributed by atoms with Gasteiger partial charge in [-0.15, -0.1) is 10.2 Å². The summed E-state index contributed by atoms with van der Waals surface area (Å²) in [4.78, 5) is 37.3. The number of nitrogens with two attached hydrogens (primary N) is 2. The van der Waals surface area contributed by atoms with E-state index in [0.29, 0.717) is 12.2 Å². The lowest BCUT2D eigenvalue weighted by Gasteiger charge is -2.26. The van der Waals surface area contributed by atoms with E-state index < -0.39 is 35.8 Å². The Hall–Kier alpha value is -3.34. The number of amides is 3. The van der Waals surface area contributed by atoms with E-state index >= 15 is 0 Å². The molecule has 0 aliphatic heterocycles. The Morgan fingerprint density at radius 3 is 2.37 bits per heavy atom. The average molecular weight is 416 g/mol. The maximum Gasteiger partial charge on any atom is 0.243 e. The number of hydrogen-bond acceptors (Lipinski definition) is 7. The highest BCUT2D eigenvalue weighted by molar-refractivity contribution is 5.93. The highest BCUT2D eigenvalue weighted by Gasteiger charge is 2.30. The number of carbonyl (C=O) groups excluding carboxylic acids is 3. The van der Waals surface area contributed by atoms with Crippen molar-refractivity contribution in [3.8, 4) is 0 Å². The molecule has 1 heterocycles. The number of rotatable bonds is 11. The van der Waals surface area contributed by atoms with Crippen molar-refractivity contribution in [2.24, 2.45) is 17.4 Å². The molecule has 30 heavy (non-hydrogen) atoms. The van der Waals surface area contributed by atoms with E-state index in [1.165, 1.54) is 0 Å². The molecule has 0 saturated carbocycles. The maximum atomic E-state index is 12.9. The molecule has 11 nitrogen and oxygen atoms in total. The Bertz CT molecular complexity index is 828. The number of aromatic amines is 1. The SMILES string of the molecule is CC[C@H](C)[C@H](NC(=O)[C@@H](N)Cc1nn[nH]n1)C(=O)N[C@@H](Cc1ccccc1)C(N)=O. The molecule has 2 rings (SSSR count). The Labute approximate surface area is 174 Å². The number of nitrogens with zero attached hydrogens (tertiary/aromatic N) is 3. The van der Waals surface area contributed by atoms with Crippen molar-refractivity contribution in [1.29, 1.82) is 0 Å². The first-order chi connectivity index (χ1) is 14.3. The molecule has 0 aliphatic carbocycles. The Balaban J connectivity index is 2.05. The molecule has 3 amide bonds. The Morgan fingerprint density at radius 2 is 1.80 bits per heavy atom. The van der Waals surface area contributed by atoms with E-state index in [1.807, 2.05) is 44.2 Å². The van der Waals surface area contributed by atoms with Gasteiger partial charge in [0.1, 0.15) is 12.1 Å². The summed E-state index contributed by atoms with van der Waals surface area (Å²) in [5.41, 5.74) is 12.2. The number of aromatic nitrogens is 4. The van der Waals surface area contributed by atoms with Gasteiger partial charge in [0.15, 0.2) is 5.82 Å². The van der Waals surface area contributed by atoms with Crippen molar-refractivity contribution in [3.63, 3.8) is 0 Å². The van der Waals surface area contributed by atoms with E-state index in [2.05, 4.69) is 31.3 Å². The van der Waals surface area contributed by atoms with E-state index in [4.69, 9.17) is 11.5 Å². The van der Waals surface area contributed by atoms with Crippen molar-refractivity contribution < 1.29 is 14.4 Å². The second-order valence-corrected chi connectivity index (χ2v) is 7.16. The number of H-pyrrole nitrogens is 1. The fourth-order valence-corrected chi connectivity index (χ4v) is 2.85. The number of benzene rings is 1. The lowest BCUT2D eigenvalue weighted by molar-refractivity contribution is -0.132. The average Bonchev–Trinajstić information content (AvgIpc) is 3.24. The van der Waals surface area contributed by atoms with Crippen LogP contribution in [0.5, 0.6) is 0 Å². The van der Waals surface area contributed by atoms with Crippen LogP contribution < -0.4 is 22.1 Å². The zero-order chi connectivity index (χ0) is 22.1. The summed E-state index contributed by atoms with van der Waals surface area (Å²) in [7, 11) is 0. The van der Waals surface area contributed by atoms with Gasteiger partial charge >= 0.3 is 0 Å². The summed E-state index contributed by atoms with van der Waals surface area (Å²) in [5.74, 6) is -1.59. The standard InChI is InChI=1S/C19H28N8O3/c1-3-11(2)16(23-18(29)13(20)10-15-24-26-27-25-15)19(30)22-14(17(21)28)9-12-7-5-4-6-8-12/h4-8,11,13-14,16H,3,9-10,20H2,1-2H3,(H2,21,28)(H,22,30)(H,23,29)(H,24,25,26,27)/t11-,13-,14-,16-/m0/s1. The topological polar surface area (TPSA) is 182 Å². The zero-order valence-electron chi connectivity index (χ0n) is 17.0. The van der Waals surface area contributed by atoms with Gasteiger partial charge in [0, 0.05) is 12.8 Å². The fourth-order valence-electron chi connectivity index (χ4n) is 2.85. The molecule has 2 aromatic rings. The molecule has 11 heteroatoms. The Kier molecular flexibility index (Phi) is 8.41. The number of tetrazole rings is 1. The maximum absolute atomic E-state index is 12.9. The van der Waals surface area contributed by atoms with Gasteiger partial charge in [-0.2, -0.15) is 5.21 Å². The van der Waals surface area contributed by atoms with Crippen LogP contribution >= 0.6 is 0 Å². The normalized spacial score (nSPS) is 14.9. The third kappa shape index (κ3) is 6.62. The van der Waals surface area contributed by atoms with Gasteiger partial charge in [0.25, 0.3) is 0 Å². The first-order valence-corrected chi connectivity index (χ1v) is 9.73. The predicted molar refractivity (Wildman–Crippen MR) is 109 cm³/mol. The molecule has 0 fully saturated rings. The van der Waals surface area contributed by atoms with Crippen molar-refractivity contribution in [3.05, 3.63) is 41.7 Å². The van der Waals surface area contributed by atoms with Crippen LogP contribution in [0.2, 0.25) is 0 Å². The summed E-state index contributed by atoms with van der Waals surface area (Å²) >= 11 is 0. The molecule has 7 N–H and O–H groups in total. The number of primary amides is 1. The van der Waals surface area contributed by atoms with Crippen molar-refractivity contribution in [1.82, 2.24) is 31.3 Å². The first-order valence-electron chi connectivity index (χ1n) is 9.73. The highest BCUT2D eigenvalue weighted by Crippen LogP contribution is 2.10. The van der Waals surface area contributed by atoms with E-state index in [-0.39, 0.29) is 18.8 Å². The van der Waals surface area contributed by atoms with Gasteiger partial charge in [-0.1, -0.05) is 55.8 Å². The monoisotopic (exact) mass is 416 g/mol. The summed E-state index contributed by atoms with van der Waals surface area (Å²) in [5, 5.41) is 18.6. The second-order valence-electron chi connectivity index (χ2n) is 7.16. The van der Waals surface area contributed by atoms with Gasteiger partial charge in [-0.25, -0.2) is 0 Å². The van der Waals surface area contributed by atoms with Crippen LogP contribution in [0.4, 0.5) is 0 Å². The summed E-state index contributed by atoms with van der Waals surface area (Å²) in [6.45, 7) is 3.72. The van der Waals surface area contributed by atoms with Crippen molar-refractivity contribution >= 4 is 17.7 Å². The molecule has 0 unspecified atom stereocenters. The van der Waals surface area contributed by atoms with Crippen LogP contribution in [-0.2, 0) is 27.2 Å². The molecule has 1 aromatic heterocycles. The van der Waals surface area contributed by atoms with Crippen molar-refractivity contribution in [2.75, 3.05) is 0 Å². The van der Waals surface area contributed by atoms with Crippen LogP contribution in [0, 0.1) is 5.92 Å². The smallest absolute Gasteiger partial charge is 0.243 e. The summed E-state index contributed by atoms with van der Waals surface area (Å²) in [6, 6.07) is 6.46. The van der Waals surface area contributed by atoms with Crippen LogP contribution in [-0.4, -0.2) is 56.5 Å². The van der Waals surface area contributed by atoms with E-state index in [9.17, 15) is 14.4 Å². The quantitative estimate of drug-likeness (QED) is 0.305. The molecule has 0 saturated heterocycles. The molecule has 0 spiro atoms. The summed E-state index contributed by atoms with van der Waals surface area (Å²) in [6.07, 6.45) is 0.938. The summed E-state index contributed by atoms with van der Waals surface area (Å²) < 4.78 is 0. The van der Waals surface area contributed by atoms with Crippen LogP contribution in [0.1, 0.15) is 31.7 Å². The molecule has 1 aromatic carbocycles. The van der Waals surface area contributed by atoms with Gasteiger partial charge in [0.05, 0.1) is 6.04 Å². The van der Waals surface area contributed by atoms with E-state index in [0.717, 1.165) is 5.56 Å². The van der Waals surface area contributed by atoms with Gasteiger partial charge in [-0.3, -0.25) is 14.4 Å². The molecule has 4 atom stereocenters. The minimum atomic E-state index is -0.960. The number of nitrogens with one attached hydrogen (secondary N) is 3. The molecule has 162 valence electrons. The largest absolute Gasteiger partial charge is 0.368 e. The minimum absolute atomic E-state index is 0.0646. The lowest BCUT2D eigenvalue weighted by Crippen LogP contribution is -2.58. The van der Waals surface area contributed by atoms with Crippen molar-refractivity contribution in [2.45, 2.75) is 51.2 Å².